The van der Waals surface area contributed by atoms with Gasteiger partial charge in [0.1, 0.15) is 23.9 Å². The number of carboxylic acids is 1. The molecule has 0 aliphatic rings. The fraction of sp³-hybridized carbons (Fsp3) is 0.406. The molecule has 3 amide bonds. The van der Waals surface area contributed by atoms with E-state index < -0.39 is 47.9 Å². The first-order valence-corrected chi connectivity index (χ1v) is 15.5. The van der Waals surface area contributed by atoms with E-state index in [2.05, 4.69) is 25.9 Å². The molecule has 0 radical (unpaired) electrons. The molecule has 4 unspecified atom stereocenters. The molecule has 2 aromatic carbocycles. The van der Waals surface area contributed by atoms with Crippen molar-refractivity contribution in [2.24, 2.45) is 27.9 Å². The number of nitrogens with one attached hydrogen (secondary N) is 4. The Balaban J connectivity index is 1.86. The minimum Gasteiger partial charge on any atom is -0.508 e. The molecule has 0 saturated carbocycles. The number of benzene rings is 2. The van der Waals surface area contributed by atoms with Crippen molar-refractivity contribution in [1.82, 2.24) is 20.9 Å². The Labute approximate surface area is 272 Å². The Kier molecular flexibility index (Phi) is 14.0. The number of phenols is 1. The largest absolute Gasteiger partial charge is 0.508 e. The molecule has 15 nitrogen and oxygen atoms in total. The summed E-state index contributed by atoms with van der Waals surface area (Å²) in [6, 6.07) is 8.97. The number of aromatic hydroxyl groups is 1. The molecule has 14 N–H and O–H groups in total. The first-order valence-electron chi connectivity index (χ1n) is 15.5. The SMILES string of the molecule is NCCCCC(N)C(=O)NC(Cc1c[nH]c2ccccc12)C(=O)NC(Cc1ccc(O)cc1)C(=O)NC(CCCN=C(N)N)C(=O)O. The van der Waals surface area contributed by atoms with E-state index in [-0.39, 0.29) is 43.9 Å². The molecule has 1 heterocycles. The average Bonchev–Trinajstić information content (AvgIpc) is 3.45. The lowest BCUT2D eigenvalue weighted by Gasteiger charge is -2.25. The number of aliphatic imine (C=N–C) groups is 1. The van der Waals surface area contributed by atoms with Gasteiger partial charge in [-0.2, -0.15) is 0 Å². The number of phenolic OH excluding ortho intramolecular Hbond substituents is 1. The zero-order chi connectivity index (χ0) is 34.3. The van der Waals surface area contributed by atoms with Crippen LogP contribution < -0.4 is 38.9 Å². The standard InChI is InChI=1S/C32H45N9O6/c33-14-4-3-7-23(34)28(43)40-27(17-20-18-38-24-8-2-1-6-22(20)24)30(45)41-26(16-19-10-12-21(42)13-11-19)29(44)39-25(31(46)47)9-5-15-37-32(35)36/h1-2,6,8,10-13,18,23,25-27,38,42H,3-5,7,9,14-17,33-34H2,(H,39,44)(H,40,43)(H,41,45)(H,46,47)(H4,35,36,37). The summed E-state index contributed by atoms with van der Waals surface area (Å²) in [4.78, 5) is 59.6. The van der Waals surface area contributed by atoms with Crippen LogP contribution in [0.25, 0.3) is 10.9 Å². The van der Waals surface area contributed by atoms with Crippen molar-refractivity contribution in [3.8, 4) is 5.75 Å². The number of aromatic nitrogens is 1. The van der Waals surface area contributed by atoms with Crippen LogP contribution >= 0.6 is 0 Å². The van der Waals surface area contributed by atoms with Gasteiger partial charge in [0.2, 0.25) is 17.7 Å². The minimum absolute atomic E-state index is 0.00908. The number of unbranched alkanes of at least 4 members (excludes halogenated alkanes) is 1. The van der Waals surface area contributed by atoms with E-state index in [4.69, 9.17) is 22.9 Å². The van der Waals surface area contributed by atoms with Crippen LogP contribution in [-0.2, 0) is 32.0 Å². The number of carbonyl (C=O) groups excluding carboxylic acids is 3. The van der Waals surface area contributed by atoms with Crippen molar-refractivity contribution in [2.45, 2.75) is 69.1 Å². The predicted molar refractivity (Wildman–Crippen MR) is 178 cm³/mol. The third-order valence-electron chi connectivity index (χ3n) is 7.61. The van der Waals surface area contributed by atoms with Crippen molar-refractivity contribution in [3.63, 3.8) is 0 Å². The number of nitrogens with two attached hydrogens (primary N) is 4. The normalized spacial score (nSPS) is 13.6. The minimum atomic E-state index is -1.29. The zero-order valence-corrected chi connectivity index (χ0v) is 26.2. The van der Waals surface area contributed by atoms with Crippen molar-refractivity contribution < 1.29 is 29.4 Å². The number of aromatic amines is 1. The molecule has 0 spiro atoms. The fourth-order valence-electron chi connectivity index (χ4n) is 5.03. The highest BCUT2D eigenvalue weighted by molar-refractivity contribution is 5.95. The van der Waals surface area contributed by atoms with E-state index in [1.807, 2.05) is 24.3 Å². The number of nitrogens with zero attached hydrogens (tertiary/aromatic N) is 1. The number of carboxylic acid groups (broad SMARTS) is 1. The molecular weight excluding hydrogens is 606 g/mol. The van der Waals surface area contributed by atoms with Gasteiger partial charge >= 0.3 is 5.97 Å². The summed E-state index contributed by atoms with van der Waals surface area (Å²) in [6.07, 6.45) is 3.79. The second-order valence-electron chi connectivity index (χ2n) is 11.3. The fourth-order valence-corrected chi connectivity index (χ4v) is 5.03. The van der Waals surface area contributed by atoms with Gasteiger partial charge in [0.15, 0.2) is 5.96 Å². The van der Waals surface area contributed by atoms with Crippen LogP contribution in [0, 0.1) is 0 Å². The van der Waals surface area contributed by atoms with Crippen molar-refractivity contribution in [1.29, 1.82) is 0 Å². The molecule has 0 bridgehead atoms. The number of aliphatic carboxylic acids is 1. The molecule has 0 aliphatic heterocycles. The van der Waals surface area contributed by atoms with E-state index in [0.717, 1.165) is 16.5 Å². The Morgan fingerprint density at radius 1 is 0.809 bits per heavy atom. The number of carbonyl (C=O) groups is 4. The highest BCUT2D eigenvalue weighted by Gasteiger charge is 2.31. The van der Waals surface area contributed by atoms with E-state index >= 15 is 0 Å². The third-order valence-corrected chi connectivity index (χ3v) is 7.61. The number of amides is 3. The number of fused-ring (bicyclic) bond motifs is 1. The van der Waals surface area contributed by atoms with Gasteiger partial charge in [-0.15, -0.1) is 0 Å². The van der Waals surface area contributed by atoms with Gasteiger partial charge in [0, 0.05) is 36.5 Å². The summed E-state index contributed by atoms with van der Waals surface area (Å²) < 4.78 is 0. The lowest BCUT2D eigenvalue weighted by atomic mass is 10.0. The Hall–Kier alpha value is -5.15. The molecule has 4 atom stereocenters. The number of hydrogen-bond acceptors (Lipinski definition) is 8. The number of H-pyrrole nitrogens is 1. The van der Waals surface area contributed by atoms with Gasteiger partial charge in [-0.3, -0.25) is 19.4 Å². The predicted octanol–water partition coefficient (Wildman–Crippen LogP) is -0.292. The summed E-state index contributed by atoms with van der Waals surface area (Å²) in [5, 5.41) is 28.3. The molecule has 0 fully saturated rings. The second kappa shape index (κ2) is 18.1. The second-order valence-corrected chi connectivity index (χ2v) is 11.3. The smallest absolute Gasteiger partial charge is 0.326 e. The molecule has 0 saturated heterocycles. The molecule has 0 aliphatic carbocycles. The van der Waals surface area contributed by atoms with Crippen molar-refractivity contribution >= 4 is 40.6 Å². The monoisotopic (exact) mass is 651 g/mol. The van der Waals surface area contributed by atoms with Crippen LogP contribution in [0.2, 0.25) is 0 Å². The quantitative estimate of drug-likeness (QED) is 0.0459. The third kappa shape index (κ3) is 11.6. The average molecular weight is 652 g/mol. The van der Waals surface area contributed by atoms with E-state index in [9.17, 15) is 29.4 Å². The Morgan fingerprint density at radius 2 is 1.45 bits per heavy atom. The zero-order valence-electron chi connectivity index (χ0n) is 26.2. The van der Waals surface area contributed by atoms with Gasteiger partial charge in [0.05, 0.1) is 6.04 Å². The van der Waals surface area contributed by atoms with Crippen LogP contribution in [0.3, 0.4) is 0 Å². The maximum absolute atomic E-state index is 13.9. The van der Waals surface area contributed by atoms with Gasteiger partial charge in [-0.1, -0.05) is 36.8 Å². The molecular formula is C32H45N9O6. The topological polar surface area (TPSA) is 277 Å². The van der Waals surface area contributed by atoms with E-state index in [0.29, 0.717) is 31.4 Å². The maximum Gasteiger partial charge on any atom is 0.326 e. The van der Waals surface area contributed by atoms with Gasteiger partial charge in [0.25, 0.3) is 0 Å². The highest BCUT2D eigenvalue weighted by Crippen LogP contribution is 2.20. The molecule has 15 heteroatoms. The summed E-state index contributed by atoms with van der Waals surface area (Å²) in [7, 11) is 0. The number of para-hydroxylation sites is 1. The van der Waals surface area contributed by atoms with Crippen LogP contribution in [0.4, 0.5) is 0 Å². The van der Waals surface area contributed by atoms with E-state index in [1.54, 1.807) is 18.3 Å². The van der Waals surface area contributed by atoms with E-state index in [1.165, 1.54) is 12.1 Å². The van der Waals surface area contributed by atoms with Crippen LogP contribution in [0.15, 0.2) is 59.7 Å². The van der Waals surface area contributed by atoms with Gasteiger partial charge in [-0.05, 0) is 61.6 Å². The lowest BCUT2D eigenvalue weighted by Crippen LogP contribution is -2.58. The summed E-state index contributed by atoms with van der Waals surface area (Å²) in [5.74, 6) is -3.36. The van der Waals surface area contributed by atoms with Gasteiger partial charge < -0.3 is 54.1 Å². The summed E-state index contributed by atoms with van der Waals surface area (Å²) >= 11 is 0. The number of hydrogen-bond donors (Lipinski definition) is 10. The summed E-state index contributed by atoms with van der Waals surface area (Å²) in [6.45, 7) is 0.628. The van der Waals surface area contributed by atoms with Crippen molar-refractivity contribution in [3.05, 3.63) is 65.9 Å². The lowest BCUT2D eigenvalue weighted by molar-refractivity contribution is -0.142. The molecule has 47 heavy (non-hydrogen) atoms. The van der Waals surface area contributed by atoms with Crippen LogP contribution in [0.1, 0.15) is 43.2 Å². The molecule has 3 aromatic rings. The number of guanidine groups is 1. The van der Waals surface area contributed by atoms with Crippen molar-refractivity contribution in [2.75, 3.05) is 13.1 Å². The number of rotatable bonds is 19. The maximum atomic E-state index is 13.9. The molecule has 1 aromatic heterocycles. The highest BCUT2D eigenvalue weighted by atomic mass is 16.4. The summed E-state index contributed by atoms with van der Waals surface area (Å²) in [5.41, 5.74) is 24.5. The first-order chi connectivity index (χ1) is 22.5. The van der Waals surface area contributed by atoms with Crippen LogP contribution in [-0.4, -0.2) is 82.1 Å². The Morgan fingerprint density at radius 3 is 2.11 bits per heavy atom. The Bertz CT molecular complexity index is 1520. The van der Waals surface area contributed by atoms with Gasteiger partial charge in [-0.25, -0.2) is 4.79 Å². The first kappa shape index (κ1) is 36.3. The molecule has 254 valence electrons. The van der Waals surface area contributed by atoms with Crippen LogP contribution in [0.5, 0.6) is 5.75 Å². The molecule has 3 rings (SSSR count).